The number of hydrogen-bond acceptors (Lipinski definition) is 3. The Bertz CT molecular complexity index is 597. The summed E-state index contributed by atoms with van der Waals surface area (Å²) in [6.07, 6.45) is 7.98. The summed E-state index contributed by atoms with van der Waals surface area (Å²) in [5.41, 5.74) is 0. The van der Waals surface area contributed by atoms with E-state index in [1.54, 1.807) is 11.4 Å². The van der Waals surface area contributed by atoms with Gasteiger partial charge in [0.2, 0.25) is 5.03 Å². The first-order chi connectivity index (χ1) is 9.51. The van der Waals surface area contributed by atoms with Crippen LogP contribution in [-0.2, 0) is 17.1 Å². The number of hydrogen-bond donors (Lipinski definition) is 0. The lowest BCUT2D eigenvalue weighted by atomic mass is 9.79. The Balaban J connectivity index is 1.95. The van der Waals surface area contributed by atoms with Crippen LogP contribution < -0.4 is 0 Å². The summed E-state index contributed by atoms with van der Waals surface area (Å²) in [5.74, 6) is 0.509. The molecule has 2 heterocycles. The average Bonchev–Trinajstić information content (AvgIpc) is 2.79. The Morgan fingerprint density at radius 1 is 1.25 bits per heavy atom. The van der Waals surface area contributed by atoms with Crippen LogP contribution in [-0.4, -0.2) is 34.9 Å². The highest BCUT2D eigenvalue weighted by Crippen LogP contribution is 2.38. The van der Waals surface area contributed by atoms with E-state index < -0.39 is 10.0 Å². The first kappa shape index (κ1) is 14.4. The van der Waals surface area contributed by atoms with Gasteiger partial charge in [-0.2, -0.15) is 4.31 Å². The summed E-state index contributed by atoms with van der Waals surface area (Å²) >= 11 is 6.08. The number of fused-ring (bicyclic) bond motifs is 1. The highest BCUT2D eigenvalue weighted by atomic mass is 35.5. The van der Waals surface area contributed by atoms with Gasteiger partial charge in [-0.1, -0.05) is 24.4 Å². The molecular formula is C13H20ClN3O2S. The molecule has 0 unspecified atom stereocenters. The molecule has 0 radical (unpaired) electrons. The van der Waals surface area contributed by atoms with Crippen molar-refractivity contribution >= 4 is 21.6 Å². The average molecular weight is 318 g/mol. The van der Waals surface area contributed by atoms with E-state index in [1.807, 2.05) is 0 Å². The first-order valence-electron chi connectivity index (χ1n) is 7.20. The molecule has 0 bridgehead atoms. The van der Waals surface area contributed by atoms with E-state index in [0.717, 1.165) is 32.1 Å². The molecule has 1 aliphatic heterocycles. The van der Waals surface area contributed by atoms with Crippen LogP contribution in [0, 0.1) is 5.92 Å². The molecule has 0 aromatic carbocycles. The van der Waals surface area contributed by atoms with Crippen LogP contribution in [0.4, 0.5) is 0 Å². The van der Waals surface area contributed by atoms with Crippen LogP contribution in [0.5, 0.6) is 0 Å². The van der Waals surface area contributed by atoms with Crippen LogP contribution in [0.1, 0.15) is 38.5 Å². The van der Waals surface area contributed by atoms with Gasteiger partial charge in [-0.05, 0) is 31.6 Å². The number of rotatable bonds is 2. The smallest absolute Gasteiger partial charge is 0.263 e. The predicted molar refractivity (Wildman–Crippen MR) is 77.1 cm³/mol. The minimum atomic E-state index is -3.57. The van der Waals surface area contributed by atoms with Gasteiger partial charge < -0.3 is 4.57 Å². The Morgan fingerprint density at radius 3 is 2.65 bits per heavy atom. The summed E-state index contributed by atoms with van der Waals surface area (Å²) in [5, 5.41) is 0.204. The van der Waals surface area contributed by atoms with Gasteiger partial charge >= 0.3 is 0 Å². The highest BCUT2D eigenvalue weighted by molar-refractivity contribution is 7.89. The third kappa shape index (κ3) is 2.27. The molecule has 0 amide bonds. The lowest BCUT2D eigenvalue weighted by Gasteiger charge is -2.42. The molecule has 1 saturated carbocycles. The van der Waals surface area contributed by atoms with Crippen molar-refractivity contribution in [3.05, 3.63) is 11.5 Å². The van der Waals surface area contributed by atoms with Gasteiger partial charge in [0.25, 0.3) is 10.0 Å². The third-order valence-corrected chi connectivity index (χ3v) is 7.00. The maximum Gasteiger partial charge on any atom is 0.263 e. The molecule has 2 aliphatic rings. The number of halogens is 1. The molecule has 0 N–H and O–H groups in total. The molecule has 112 valence electrons. The van der Waals surface area contributed by atoms with Crippen molar-refractivity contribution in [1.82, 2.24) is 13.9 Å². The minimum absolute atomic E-state index is 0.00731. The largest absolute Gasteiger partial charge is 0.324 e. The van der Waals surface area contributed by atoms with Crippen molar-refractivity contribution in [3.63, 3.8) is 0 Å². The SMILES string of the molecule is Cn1cnc(S(=O)(=O)N2CCC[C@@H]3CCCC[C@@H]32)c1Cl. The van der Waals surface area contributed by atoms with Crippen LogP contribution in [0.15, 0.2) is 11.4 Å². The van der Waals surface area contributed by atoms with Crippen molar-refractivity contribution < 1.29 is 8.42 Å². The Morgan fingerprint density at radius 2 is 1.95 bits per heavy atom. The Hall–Kier alpha value is -0.590. The zero-order valence-corrected chi connectivity index (χ0v) is 13.2. The fourth-order valence-electron chi connectivity index (χ4n) is 3.56. The molecule has 0 spiro atoms. The molecule has 1 saturated heterocycles. The van der Waals surface area contributed by atoms with Crippen molar-refractivity contribution in [1.29, 1.82) is 0 Å². The zero-order valence-electron chi connectivity index (χ0n) is 11.6. The second-order valence-electron chi connectivity index (χ2n) is 5.82. The molecule has 1 aromatic rings. The van der Waals surface area contributed by atoms with Crippen LogP contribution in [0.2, 0.25) is 5.15 Å². The summed E-state index contributed by atoms with van der Waals surface area (Å²) < 4.78 is 28.9. The summed E-state index contributed by atoms with van der Waals surface area (Å²) in [7, 11) is -1.87. The summed E-state index contributed by atoms with van der Waals surface area (Å²) in [6.45, 7) is 0.594. The van der Waals surface area contributed by atoms with Crippen molar-refractivity contribution in [2.75, 3.05) is 6.54 Å². The molecule has 2 fully saturated rings. The molecular weight excluding hydrogens is 298 g/mol. The topological polar surface area (TPSA) is 55.2 Å². The van der Waals surface area contributed by atoms with Gasteiger partial charge in [0.15, 0.2) is 0 Å². The summed E-state index contributed by atoms with van der Waals surface area (Å²) in [6, 6.07) is 0.139. The molecule has 1 aliphatic carbocycles. The van der Waals surface area contributed by atoms with E-state index in [1.165, 1.54) is 17.3 Å². The van der Waals surface area contributed by atoms with Gasteiger partial charge in [-0.25, -0.2) is 13.4 Å². The number of aromatic nitrogens is 2. The second kappa shape index (κ2) is 5.31. The number of nitrogens with zero attached hydrogens (tertiary/aromatic N) is 3. The van der Waals surface area contributed by atoms with Gasteiger partial charge in [0.1, 0.15) is 5.15 Å². The zero-order chi connectivity index (χ0) is 14.3. The number of aryl methyl sites for hydroxylation is 1. The molecule has 1 aromatic heterocycles. The summed E-state index contributed by atoms with van der Waals surface area (Å²) in [4.78, 5) is 4.00. The van der Waals surface area contributed by atoms with Crippen LogP contribution in [0.3, 0.4) is 0 Å². The number of piperidine rings is 1. The standard InChI is InChI=1S/C13H20ClN3O2S/c1-16-9-15-13(12(16)14)20(18,19)17-8-4-6-10-5-2-3-7-11(10)17/h9-11H,2-8H2,1H3/t10-,11-/m0/s1. The van der Waals surface area contributed by atoms with Crippen molar-refractivity contribution in [2.45, 2.75) is 49.6 Å². The van der Waals surface area contributed by atoms with Gasteiger partial charge in [0.05, 0.1) is 6.33 Å². The highest BCUT2D eigenvalue weighted by Gasteiger charge is 2.41. The van der Waals surface area contributed by atoms with E-state index in [-0.39, 0.29) is 16.2 Å². The maximum absolute atomic E-state index is 12.8. The van der Waals surface area contributed by atoms with E-state index in [2.05, 4.69) is 4.98 Å². The van der Waals surface area contributed by atoms with E-state index in [0.29, 0.717) is 12.5 Å². The molecule has 2 atom stereocenters. The molecule has 7 heteroatoms. The predicted octanol–water partition coefficient (Wildman–Crippen LogP) is 2.42. The van der Waals surface area contributed by atoms with Gasteiger partial charge in [-0.15, -0.1) is 0 Å². The molecule has 5 nitrogen and oxygen atoms in total. The second-order valence-corrected chi connectivity index (χ2v) is 7.99. The Kier molecular flexibility index (Phi) is 3.81. The fourth-order valence-corrected chi connectivity index (χ4v) is 5.70. The van der Waals surface area contributed by atoms with E-state index >= 15 is 0 Å². The lowest BCUT2D eigenvalue weighted by Crippen LogP contribution is -2.49. The van der Waals surface area contributed by atoms with Crippen molar-refractivity contribution in [3.8, 4) is 0 Å². The van der Waals surface area contributed by atoms with Gasteiger partial charge in [-0.3, -0.25) is 0 Å². The normalized spacial score (nSPS) is 28.3. The van der Waals surface area contributed by atoms with Crippen LogP contribution >= 0.6 is 11.6 Å². The van der Waals surface area contributed by atoms with E-state index in [9.17, 15) is 8.42 Å². The maximum atomic E-state index is 12.8. The number of sulfonamides is 1. The van der Waals surface area contributed by atoms with Crippen LogP contribution in [0.25, 0.3) is 0 Å². The Labute approximate surface area is 125 Å². The van der Waals surface area contributed by atoms with Crippen molar-refractivity contribution in [2.24, 2.45) is 13.0 Å². The molecule has 3 rings (SSSR count). The third-order valence-electron chi connectivity index (χ3n) is 4.58. The molecule has 20 heavy (non-hydrogen) atoms. The monoisotopic (exact) mass is 317 g/mol. The van der Waals surface area contributed by atoms with Gasteiger partial charge in [0, 0.05) is 19.6 Å². The van der Waals surface area contributed by atoms with E-state index in [4.69, 9.17) is 11.6 Å². The lowest BCUT2D eigenvalue weighted by molar-refractivity contribution is 0.129. The first-order valence-corrected chi connectivity index (χ1v) is 9.02. The quantitative estimate of drug-likeness (QED) is 0.841. The minimum Gasteiger partial charge on any atom is -0.324 e. The fraction of sp³-hybridized carbons (Fsp3) is 0.769. The number of imidazole rings is 1.